The van der Waals surface area contributed by atoms with Crippen molar-refractivity contribution in [3.05, 3.63) is 40.3 Å². The second-order valence-electron chi connectivity index (χ2n) is 3.57. The molecule has 1 atom stereocenters. The summed E-state index contributed by atoms with van der Waals surface area (Å²) >= 11 is 9.03. The van der Waals surface area contributed by atoms with E-state index in [9.17, 15) is 5.11 Å². The summed E-state index contributed by atoms with van der Waals surface area (Å²) in [6, 6.07) is 7.08. The van der Waals surface area contributed by atoms with E-state index < -0.39 is 6.10 Å². The van der Waals surface area contributed by atoms with Gasteiger partial charge in [0, 0.05) is 22.6 Å². The Balaban J connectivity index is 2.23. The van der Waals surface area contributed by atoms with Crippen LogP contribution in [0.4, 0.5) is 0 Å². The molecule has 0 saturated carbocycles. The second-order valence-corrected chi connectivity index (χ2v) is 5.13. The van der Waals surface area contributed by atoms with Crippen LogP contribution in [-0.2, 0) is 0 Å². The molecule has 0 spiro atoms. The maximum atomic E-state index is 9.63. The summed E-state index contributed by atoms with van der Waals surface area (Å²) in [4.78, 5) is 0. The number of benzene rings is 1. The summed E-state index contributed by atoms with van der Waals surface area (Å²) in [5.41, 5.74) is 0. The molecular weight excluding hydrogens is 305 g/mol. The van der Waals surface area contributed by atoms with Crippen LogP contribution in [-0.4, -0.2) is 30.9 Å². The fourth-order valence-electron chi connectivity index (χ4n) is 1.18. The molecule has 94 valence electrons. The van der Waals surface area contributed by atoms with Crippen LogP contribution in [0.5, 0.6) is 5.75 Å². The first kappa shape index (κ1) is 14.5. The van der Waals surface area contributed by atoms with Crippen molar-refractivity contribution in [1.82, 2.24) is 5.32 Å². The number of nitrogens with one attached hydrogen (secondary N) is 1. The fourth-order valence-corrected chi connectivity index (χ4v) is 1.56. The maximum Gasteiger partial charge on any atom is 0.120 e. The Kier molecular flexibility index (Phi) is 6.58. The van der Waals surface area contributed by atoms with Gasteiger partial charge in [-0.3, -0.25) is 0 Å². The average Bonchev–Trinajstić information content (AvgIpc) is 2.26. The maximum absolute atomic E-state index is 9.63. The molecule has 1 rings (SSSR count). The lowest BCUT2D eigenvalue weighted by Crippen LogP contribution is -2.32. The van der Waals surface area contributed by atoms with Gasteiger partial charge in [-0.15, -0.1) is 0 Å². The van der Waals surface area contributed by atoms with E-state index in [1.165, 1.54) is 0 Å². The Morgan fingerprint density at radius 3 is 3.00 bits per heavy atom. The van der Waals surface area contributed by atoms with Crippen LogP contribution in [0.3, 0.4) is 0 Å². The quantitative estimate of drug-likeness (QED) is 0.811. The molecule has 0 aliphatic carbocycles. The molecule has 0 aliphatic heterocycles. The molecule has 17 heavy (non-hydrogen) atoms. The summed E-state index contributed by atoms with van der Waals surface area (Å²) in [7, 11) is 0. The first-order chi connectivity index (χ1) is 8.08. The van der Waals surface area contributed by atoms with Crippen LogP contribution in [0.25, 0.3) is 0 Å². The molecular formula is C12H15BrClNO2. The van der Waals surface area contributed by atoms with Crippen molar-refractivity contribution >= 4 is 27.5 Å². The van der Waals surface area contributed by atoms with Gasteiger partial charge < -0.3 is 15.2 Å². The summed E-state index contributed by atoms with van der Waals surface area (Å²) < 4.78 is 6.25. The van der Waals surface area contributed by atoms with Crippen molar-refractivity contribution in [2.75, 3.05) is 19.7 Å². The highest BCUT2D eigenvalue weighted by Crippen LogP contribution is 2.17. The average molecular weight is 321 g/mol. The van der Waals surface area contributed by atoms with Gasteiger partial charge in [0.05, 0.1) is 0 Å². The molecule has 0 aromatic heterocycles. The van der Waals surface area contributed by atoms with Gasteiger partial charge in [-0.05, 0) is 18.2 Å². The van der Waals surface area contributed by atoms with E-state index >= 15 is 0 Å². The summed E-state index contributed by atoms with van der Waals surface area (Å²) in [6.45, 7) is 4.98. The smallest absolute Gasteiger partial charge is 0.120 e. The Morgan fingerprint density at radius 2 is 2.35 bits per heavy atom. The molecule has 0 aliphatic rings. The monoisotopic (exact) mass is 319 g/mol. The molecule has 0 fully saturated rings. The summed E-state index contributed by atoms with van der Waals surface area (Å²) in [5, 5.41) is 13.3. The van der Waals surface area contributed by atoms with Crippen molar-refractivity contribution < 1.29 is 9.84 Å². The van der Waals surface area contributed by atoms with Crippen molar-refractivity contribution in [3.8, 4) is 5.75 Å². The molecule has 1 aromatic rings. The molecule has 0 bridgehead atoms. The van der Waals surface area contributed by atoms with Crippen molar-refractivity contribution in [2.24, 2.45) is 0 Å². The van der Waals surface area contributed by atoms with Gasteiger partial charge in [0.1, 0.15) is 18.5 Å². The number of rotatable bonds is 7. The lowest BCUT2D eigenvalue weighted by atomic mass is 10.3. The molecule has 2 N–H and O–H groups in total. The second kappa shape index (κ2) is 7.71. The number of hydrogen-bond donors (Lipinski definition) is 2. The lowest BCUT2D eigenvalue weighted by Gasteiger charge is -2.13. The van der Waals surface area contributed by atoms with E-state index in [1.807, 2.05) is 0 Å². The van der Waals surface area contributed by atoms with Crippen LogP contribution < -0.4 is 10.1 Å². The molecule has 0 heterocycles. The Hall–Kier alpha value is -0.550. The van der Waals surface area contributed by atoms with Crippen LogP contribution in [0, 0.1) is 0 Å². The van der Waals surface area contributed by atoms with Gasteiger partial charge in [-0.25, -0.2) is 0 Å². The van der Waals surface area contributed by atoms with Gasteiger partial charge in [0.2, 0.25) is 0 Å². The number of hydrogen-bond acceptors (Lipinski definition) is 3. The molecule has 3 nitrogen and oxygen atoms in total. The molecule has 0 amide bonds. The third-order valence-corrected chi connectivity index (χ3v) is 2.45. The third kappa shape index (κ3) is 6.68. The SMILES string of the molecule is C=C(Br)CNCC(O)COc1cccc(Cl)c1. The van der Waals surface area contributed by atoms with Crippen molar-refractivity contribution in [2.45, 2.75) is 6.10 Å². The highest BCUT2D eigenvalue weighted by atomic mass is 79.9. The first-order valence-corrected chi connectivity index (χ1v) is 6.35. The molecule has 0 radical (unpaired) electrons. The molecule has 1 unspecified atom stereocenters. The molecule has 0 saturated heterocycles. The van der Waals surface area contributed by atoms with Crippen LogP contribution in [0.15, 0.2) is 35.3 Å². The van der Waals surface area contributed by atoms with Crippen LogP contribution >= 0.6 is 27.5 Å². The zero-order valence-electron chi connectivity index (χ0n) is 9.33. The topological polar surface area (TPSA) is 41.5 Å². The van der Waals surface area contributed by atoms with E-state index in [4.69, 9.17) is 16.3 Å². The standard InChI is InChI=1S/C12H15BrClNO2/c1-9(13)6-15-7-11(16)8-17-12-4-2-3-10(14)5-12/h2-5,11,15-16H,1,6-8H2. The Labute approximate surface area is 115 Å². The van der Waals surface area contributed by atoms with Gasteiger partial charge in [0.15, 0.2) is 0 Å². The molecule has 5 heteroatoms. The van der Waals surface area contributed by atoms with E-state index in [0.29, 0.717) is 23.9 Å². The molecule has 1 aromatic carbocycles. The Morgan fingerprint density at radius 1 is 1.59 bits per heavy atom. The summed E-state index contributed by atoms with van der Waals surface area (Å²) in [5.74, 6) is 0.654. The van der Waals surface area contributed by atoms with Crippen LogP contribution in [0.1, 0.15) is 0 Å². The van der Waals surface area contributed by atoms with Crippen LogP contribution in [0.2, 0.25) is 5.02 Å². The van der Waals surface area contributed by atoms with Gasteiger partial charge in [-0.1, -0.05) is 40.2 Å². The summed E-state index contributed by atoms with van der Waals surface area (Å²) in [6.07, 6.45) is -0.569. The number of ether oxygens (including phenoxy) is 1. The minimum Gasteiger partial charge on any atom is -0.491 e. The van der Waals surface area contributed by atoms with E-state index in [2.05, 4.69) is 27.8 Å². The number of halogens is 2. The highest BCUT2D eigenvalue weighted by molar-refractivity contribution is 9.11. The predicted octanol–water partition coefficient (Wildman–Crippen LogP) is 2.58. The van der Waals surface area contributed by atoms with E-state index in [0.717, 1.165) is 4.48 Å². The number of aliphatic hydroxyl groups excluding tert-OH is 1. The zero-order chi connectivity index (χ0) is 12.7. The normalized spacial score (nSPS) is 12.2. The van der Waals surface area contributed by atoms with Gasteiger partial charge in [-0.2, -0.15) is 0 Å². The van der Waals surface area contributed by atoms with E-state index in [1.54, 1.807) is 24.3 Å². The minimum atomic E-state index is -0.569. The Bertz CT molecular complexity index is 373. The minimum absolute atomic E-state index is 0.224. The fraction of sp³-hybridized carbons (Fsp3) is 0.333. The van der Waals surface area contributed by atoms with Gasteiger partial charge in [0.25, 0.3) is 0 Å². The highest BCUT2D eigenvalue weighted by Gasteiger charge is 2.05. The van der Waals surface area contributed by atoms with Crippen molar-refractivity contribution in [1.29, 1.82) is 0 Å². The number of aliphatic hydroxyl groups is 1. The van der Waals surface area contributed by atoms with E-state index in [-0.39, 0.29) is 6.61 Å². The van der Waals surface area contributed by atoms with Gasteiger partial charge >= 0.3 is 0 Å². The van der Waals surface area contributed by atoms with Crippen molar-refractivity contribution in [3.63, 3.8) is 0 Å². The zero-order valence-corrected chi connectivity index (χ0v) is 11.7. The largest absolute Gasteiger partial charge is 0.491 e. The third-order valence-electron chi connectivity index (χ3n) is 1.94. The lowest BCUT2D eigenvalue weighted by molar-refractivity contribution is 0.107. The predicted molar refractivity (Wildman–Crippen MR) is 73.9 cm³/mol. The first-order valence-electron chi connectivity index (χ1n) is 5.18.